The quantitative estimate of drug-likeness (QED) is 0.923. The Labute approximate surface area is 112 Å². The van der Waals surface area contributed by atoms with Crippen molar-refractivity contribution in [1.29, 1.82) is 0 Å². The van der Waals surface area contributed by atoms with Gasteiger partial charge < -0.3 is 10.6 Å². The standard InChI is InChI=1S/C10H12Cl2N2O.C2H6/c1-14(5-4-13)10(15)7-2-3-8(11)9(12)6-7;1-2/h2-3,6H,4-5,13H2,1H3;1-2H3. The van der Waals surface area contributed by atoms with Gasteiger partial charge in [0, 0.05) is 25.7 Å². The largest absolute Gasteiger partial charge is 0.340 e. The van der Waals surface area contributed by atoms with Crippen LogP contribution in [-0.4, -0.2) is 30.9 Å². The van der Waals surface area contributed by atoms with Gasteiger partial charge >= 0.3 is 0 Å². The number of halogens is 2. The van der Waals surface area contributed by atoms with Crippen molar-refractivity contribution in [3.63, 3.8) is 0 Å². The molecule has 17 heavy (non-hydrogen) atoms. The van der Waals surface area contributed by atoms with Crippen molar-refractivity contribution in [2.75, 3.05) is 20.1 Å². The maximum absolute atomic E-state index is 11.8. The fourth-order valence-corrected chi connectivity index (χ4v) is 1.44. The Balaban J connectivity index is 0.00000121. The van der Waals surface area contributed by atoms with Crippen LogP contribution in [0.1, 0.15) is 24.2 Å². The van der Waals surface area contributed by atoms with E-state index < -0.39 is 0 Å². The van der Waals surface area contributed by atoms with Crippen LogP contribution in [0.4, 0.5) is 0 Å². The second kappa shape index (κ2) is 8.34. The molecule has 0 fully saturated rings. The van der Waals surface area contributed by atoms with Gasteiger partial charge in [0.15, 0.2) is 0 Å². The van der Waals surface area contributed by atoms with E-state index in [0.717, 1.165) is 0 Å². The molecule has 0 aliphatic rings. The average Bonchev–Trinajstić information content (AvgIpc) is 2.34. The molecule has 0 radical (unpaired) electrons. The first-order chi connectivity index (χ1) is 8.06. The SMILES string of the molecule is CC.CN(CCN)C(=O)c1ccc(Cl)c(Cl)c1. The summed E-state index contributed by atoms with van der Waals surface area (Å²) in [6.07, 6.45) is 0. The molecule has 1 rings (SSSR count). The van der Waals surface area contributed by atoms with Crippen LogP contribution in [0.3, 0.4) is 0 Å². The third kappa shape index (κ3) is 4.94. The predicted molar refractivity (Wildman–Crippen MR) is 73.8 cm³/mol. The van der Waals surface area contributed by atoms with Crippen molar-refractivity contribution in [3.05, 3.63) is 33.8 Å². The van der Waals surface area contributed by atoms with E-state index in [9.17, 15) is 4.79 Å². The fourth-order valence-electron chi connectivity index (χ4n) is 1.14. The number of carbonyl (C=O) groups is 1. The highest BCUT2D eigenvalue weighted by Gasteiger charge is 2.11. The number of carbonyl (C=O) groups excluding carboxylic acids is 1. The number of nitrogens with two attached hydrogens (primary N) is 1. The number of hydrogen-bond acceptors (Lipinski definition) is 2. The van der Waals surface area contributed by atoms with Gasteiger partial charge in [-0.1, -0.05) is 37.0 Å². The molecule has 0 saturated heterocycles. The van der Waals surface area contributed by atoms with Crippen LogP contribution in [0.2, 0.25) is 10.0 Å². The molecule has 5 heteroatoms. The zero-order valence-electron chi connectivity index (χ0n) is 10.3. The minimum Gasteiger partial charge on any atom is -0.340 e. The molecule has 0 aromatic heterocycles. The maximum atomic E-state index is 11.8. The average molecular weight is 277 g/mol. The summed E-state index contributed by atoms with van der Waals surface area (Å²) in [6, 6.07) is 4.80. The Morgan fingerprint density at radius 3 is 2.35 bits per heavy atom. The summed E-state index contributed by atoms with van der Waals surface area (Å²) in [7, 11) is 1.69. The van der Waals surface area contributed by atoms with Gasteiger partial charge in [0.2, 0.25) is 0 Å². The molecule has 3 nitrogen and oxygen atoms in total. The molecular formula is C12H18Cl2N2O. The summed E-state index contributed by atoms with van der Waals surface area (Å²) in [6.45, 7) is 4.95. The van der Waals surface area contributed by atoms with Crippen molar-refractivity contribution in [2.45, 2.75) is 13.8 Å². The van der Waals surface area contributed by atoms with E-state index in [4.69, 9.17) is 28.9 Å². The van der Waals surface area contributed by atoms with Gasteiger partial charge in [-0.05, 0) is 18.2 Å². The Morgan fingerprint density at radius 1 is 1.29 bits per heavy atom. The highest BCUT2D eigenvalue weighted by atomic mass is 35.5. The Kier molecular flexibility index (Phi) is 7.96. The van der Waals surface area contributed by atoms with Crippen molar-refractivity contribution < 1.29 is 4.79 Å². The van der Waals surface area contributed by atoms with Crippen LogP contribution < -0.4 is 5.73 Å². The van der Waals surface area contributed by atoms with E-state index >= 15 is 0 Å². The van der Waals surface area contributed by atoms with E-state index in [1.54, 1.807) is 30.1 Å². The number of rotatable bonds is 3. The molecule has 1 aromatic rings. The Morgan fingerprint density at radius 2 is 1.88 bits per heavy atom. The molecule has 0 heterocycles. The smallest absolute Gasteiger partial charge is 0.253 e. The van der Waals surface area contributed by atoms with Crippen molar-refractivity contribution in [3.8, 4) is 0 Å². The lowest BCUT2D eigenvalue weighted by Gasteiger charge is -2.16. The van der Waals surface area contributed by atoms with Crippen LogP contribution in [0.5, 0.6) is 0 Å². The minimum atomic E-state index is -0.112. The van der Waals surface area contributed by atoms with E-state index in [2.05, 4.69) is 0 Å². The van der Waals surface area contributed by atoms with E-state index in [1.807, 2.05) is 13.8 Å². The summed E-state index contributed by atoms with van der Waals surface area (Å²) in [4.78, 5) is 13.3. The normalized spacial score (nSPS) is 9.29. The van der Waals surface area contributed by atoms with Crippen LogP contribution in [-0.2, 0) is 0 Å². The van der Waals surface area contributed by atoms with Gasteiger partial charge in [-0.3, -0.25) is 4.79 Å². The van der Waals surface area contributed by atoms with Crippen LogP contribution in [0.25, 0.3) is 0 Å². The third-order valence-corrected chi connectivity index (χ3v) is 2.72. The molecule has 0 atom stereocenters. The monoisotopic (exact) mass is 276 g/mol. The molecule has 0 unspecified atom stereocenters. The molecule has 0 aliphatic carbocycles. The molecule has 96 valence electrons. The van der Waals surface area contributed by atoms with Crippen LogP contribution >= 0.6 is 23.2 Å². The number of likely N-dealkylation sites (N-methyl/N-ethyl adjacent to an activating group) is 1. The molecule has 0 bridgehead atoms. The van der Waals surface area contributed by atoms with Crippen LogP contribution in [0, 0.1) is 0 Å². The molecule has 2 N–H and O–H groups in total. The molecule has 0 saturated carbocycles. The number of nitrogens with zero attached hydrogens (tertiary/aromatic N) is 1. The zero-order valence-corrected chi connectivity index (χ0v) is 11.8. The van der Waals surface area contributed by atoms with E-state index in [1.165, 1.54) is 0 Å². The van der Waals surface area contributed by atoms with Gasteiger partial charge in [0.25, 0.3) is 5.91 Å². The lowest BCUT2D eigenvalue weighted by molar-refractivity contribution is 0.0799. The second-order valence-electron chi connectivity index (χ2n) is 3.14. The van der Waals surface area contributed by atoms with E-state index in [0.29, 0.717) is 28.7 Å². The molecule has 1 aromatic carbocycles. The summed E-state index contributed by atoms with van der Waals surface area (Å²) in [5.41, 5.74) is 5.87. The maximum Gasteiger partial charge on any atom is 0.253 e. The lowest BCUT2D eigenvalue weighted by Crippen LogP contribution is -2.31. The van der Waals surface area contributed by atoms with Gasteiger partial charge in [-0.15, -0.1) is 0 Å². The summed E-state index contributed by atoms with van der Waals surface area (Å²) in [5.74, 6) is -0.112. The number of hydrogen-bond donors (Lipinski definition) is 1. The van der Waals surface area contributed by atoms with Crippen molar-refractivity contribution in [2.24, 2.45) is 5.73 Å². The zero-order chi connectivity index (χ0) is 13.4. The molecule has 1 amide bonds. The molecular weight excluding hydrogens is 259 g/mol. The first-order valence-electron chi connectivity index (χ1n) is 5.47. The van der Waals surface area contributed by atoms with Gasteiger partial charge in [-0.25, -0.2) is 0 Å². The Bertz CT molecular complexity index is 370. The first-order valence-corrected chi connectivity index (χ1v) is 6.22. The molecule has 0 aliphatic heterocycles. The fraction of sp³-hybridized carbons (Fsp3) is 0.417. The lowest BCUT2D eigenvalue weighted by atomic mass is 10.2. The van der Waals surface area contributed by atoms with Gasteiger partial charge in [0.1, 0.15) is 0 Å². The van der Waals surface area contributed by atoms with Gasteiger partial charge in [-0.2, -0.15) is 0 Å². The summed E-state index contributed by atoms with van der Waals surface area (Å²) >= 11 is 11.6. The topological polar surface area (TPSA) is 46.3 Å². The number of benzene rings is 1. The summed E-state index contributed by atoms with van der Waals surface area (Å²) in [5, 5.41) is 0.818. The Hall–Kier alpha value is -0.770. The van der Waals surface area contributed by atoms with Crippen molar-refractivity contribution in [1.82, 2.24) is 4.90 Å². The predicted octanol–water partition coefficient (Wildman–Crippen LogP) is 3.05. The minimum absolute atomic E-state index is 0.112. The third-order valence-electron chi connectivity index (χ3n) is 1.98. The van der Waals surface area contributed by atoms with Crippen LogP contribution in [0.15, 0.2) is 18.2 Å². The summed E-state index contributed by atoms with van der Waals surface area (Å²) < 4.78 is 0. The number of amides is 1. The van der Waals surface area contributed by atoms with Crippen molar-refractivity contribution >= 4 is 29.1 Å². The highest BCUT2D eigenvalue weighted by molar-refractivity contribution is 6.42. The molecule has 0 spiro atoms. The first kappa shape index (κ1) is 16.2. The van der Waals surface area contributed by atoms with Gasteiger partial charge in [0.05, 0.1) is 10.0 Å². The highest BCUT2D eigenvalue weighted by Crippen LogP contribution is 2.22. The van der Waals surface area contributed by atoms with E-state index in [-0.39, 0.29) is 5.91 Å². The second-order valence-corrected chi connectivity index (χ2v) is 3.96.